The number of carbonyl (C=O) groups excluding carboxylic acids is 2. The van der Waals surface area contributed by atoms with Crippen LogP contribution in [0, 0.1) is 11.3 Å². The number of esters is 1. The van der Waals surface area contributed by atoms with Gasteiger partial charge in [0.05, 0.1) is 19.1 Å². The van der Waals surface area contributed by atoms with Gasteiger partial charge in [0.2, 0.25) is 5.91 Å². The quantitative estimate of drug-likeness (QED) is 0.750. The predicted octanol–water partition coefficient (Wildman–Crippen LogP) is 0.892. The number of carbonyl (C=O) groups is 2. The summed E-state index contributed by atoms with van der Waals surface area (Å²) < 4.78 is 5.00. The van der Waals surface area contributed by atoms with Crippen LogP contribution >= 0.6 is 0 Å². The van der Waals surface area contributed by atoms with E-state index in [9.17, 15) is 9.59 Å². The van der Waals surface area contributed by atoms with Crippen molar-refractivity contribution in [1.29, 1.82) is 0 Å². The van der Waals surface area contributed by atoms with Crippen molar-refractivity contribution in [2.24, 2.45) is 17.1 Å². The van der Waals surface area contributed by atoms with Gasteiger partial charge in [0.15, 0.2) is 0 Å². The number of ether oxygens (including phenoxy) is 1. The van der Waals surface area contributed by atoms with Crippen molar-refractivity contribution in [2.75, 3.05) is 20.2 Å². The molecule has 1 aliphatic heterocycles. The molecule has 2 aliphatic rings. The van der Waals surface area contributed by atoms with Gasteiger partial charge in [-0.2, -0.15) is 0 Å². The summed E-state index contributed by atoms with van der Waals surface area (Å²) in [5.41, 5.74) is 6.04. The zero-order valence-corrected chi connectivity index (χ0v) is 14.8. The second-order valence-corrected chi connectivity index (χ2v) is 8.08. The van der Waals surface area contributed by atoms with Crippen LogP contribution in [-0.4, -0.2) is 55.1 Å². The molecule has 0 spiro atoms. The number of hydrogen-bond donors (Lipinski definition) is 2. The third-order valence-electron chi connectivity index (χ3n) is 4.92. The van der Waals surface area contributed by atoms with E-state index in [1.54, 1.807) is 0 Å². The van der Waals surface area contributed by atoms with Crippen molar-refractivity contribution in [3.8, 4) is 0 Å². The summed E-state index contributed by atoms with van der Waals surface area (Å²) in [5, 5.41) is 3.57. The summed E-state index contributed by atoms with van der Waals surface area (Å²) in [6.07, 6.45) is 3.18. The van der Waals surface area contributed by atoms with E-state index >= 15 is 0 Å². The van der Waals surface area contributed by atoms with Gasteiger partial charge in [0.1, 0.15) is 0 Å². The molecule has 23 heavy (non-hydrogen) atoms. The molecule has 0 aromatic carbocycles. The van der Waals surface area contributed by atoms with Crippen molar-refractivity contribution in [1.82, 2.24) is 10.2 Å². The Hall–Kier alpha value is -1.14. The Balaban J connectivity index is 2.04. The second-order valence-electron chi connectivity index (χ2n) is 8.08. The third-order valence-corrected chi connectivity index (χ3v) is 4.92. The number of hydrogen-bond acceptors (Lipinski definition) is 5. The zero-order chi connectivity index (χ0) is 17.2. The fourth-order valence-corrected chi connectivity index (χ4v) is 3.62. The first kappa shape index (κ1) is 18.2. The Morgan fingerprint density at radius 2 is 2.04 bits per heavy atom. The highest BCUT2D eigenvalue weighted by atomic mass is 16.5. The lowest BCUT2D eigenvalue weighted by molar-refractivity contribution is -0.151. The maximum Gasteiger partial charge on any atom is 0.310 e. The van der Waals surface area contributed by atoms with Crippen LogP contribution < -0.4 is 11.1 Å². The van der Waals surface area contributed by atoms with E-state index in [1.165, 1.54) is 7.11 Å². The largest absolute Gasteiger partial charge is 0.469 e. The minimum atomic E-state index is -0.412. The number of likely N-dealkylation sites (tertiary alicyclic amines) is 1. The monoisotopic (exact) mass is 325 g/mol. The molecule has 1 amide bonds. The fourth-order valence-electron chi connectivity index (χ4n) is 3.62. The van der Waals surface area contributed by atoms with E-state index in [4.69, 9.17) is 10.5 Å². The summed E-state index contributed by atoms with van der Waals surface area (Å²) >= 11 is 0. The van der Waals surface area contributed by atoms with Crippen molar-refractivity contribution in [3.63, 3.8) is 0 Å². The first-order valence-electron chi connectivity index (χ1n) is 8.60. The van der Waals surface area contributed by atoms with E-state index in [0.29, 0.717) is 25.4 Å². The molecule has 6 heteroatoms. The first-order valence-corrected chi connectivity index (χ1v) is 8.60. The number of amides is 1. The van der Waals surface area contributed by atoms with Crippen LogP contribution in [0.25, 0.3) is 0 Å². The lowest BCUT2D eigenvalue weighted by atomic mass is 9.80. The molecule has 1 saturated carbocycles. The number of methoxy groups -OCH3 is 1. The van der Waals surface area contributed by atoms with Crippen LogP contribution in [-0.2, 0) is 14.3 Å². The Morgan fingerprint density at radius 3 is 2.57 bits per heavy atom. The Morgan fingerprint density at radius 1 is 1.35 bits per heavy atom. The minimum Gasteiger partial charge on any atom is -0.469 e. The summed E-state index contributed by atoms with van der Waals surface area (Å²) in [6, 6.07) is -0.192. The van der Waals surface area contributed by atoms with Gasteiger partial charge in [-0.25, -0.2) is 0 Å². The van der Waals surface area contributed by atoms with Crippen molar-refractivity contribution in [3.05, 3.63) is 0 Å². The van der Waals surface area contributed by atoms with E-state index in [0.717, 1.165) is 19.4 Å². The number of nitrogens with two attached hydrogens (primary N) is 1. The van der Waals surface area contributed by atoms with Crippen LogP contribution in [0.1, 0.15) is 46.5 Å². The van der Waals surface area contributed by atoms with Crippen LogP contribution in [0.3, 0.4) is 0 Å². The number of nitrogens with zero attached hydrogens (tertiary/aromatic N) is 1. The predicted molar refractivity (Wildman–Crippen MR) is 88.7 cm³/mol. The maximum atomic E-state index is 12.2. The van der Waals surface area contributed by atoms with E-state index < -0.39 is 6.04 Å². The third kappa shape index (κ3) is 4.44. The molecule has 0 aromatic rings. The second kappa shape index (κ2) is 7.18. The topological polar surface area (TPSA) is 84.7 Å². The molecule has 3 N–H and O–H groups in total. The standard InChI is InChI=1S/C17H31N3O3/c1-17(2,3)10-19-11-5-6-14(12(9-11)16(22)23-4)20-8-7-13(18)15(20)21/h11-14,19H,5-10,18H2,1-4H3/t11-,12-,13+,14+/m1/s1. The van der Waals surface area contributed by atoms with Gasteiger partial charge in [-0.05, 0) is 31.1 Å². The van der Waals surface area contributed by atoms with Gasteiger partial charge in [0.25, 0.3) is 0 Å². The van der Waals surface area contributed by atoms with Gasteiger partial charge in [-0.3, -0.25) is 9.59 Å². The minimum absolute atomic E-state index is 0.0231. The van der Waals surface area contributed by atoms with Crippen molar-refractivity contribution >= 4 is 11.9 Å². The fraction of sp³-hybridized carbons (Fsp3) is 0.882. The van der Waals surface area contributed by atoms with Gasteiger partial charge >= 0.3 is 5.97 Å². The highest BCUT2D eigenvalue weighted by Crippen LogP contribution is 2.32. The van der Waals surface area contributed by atoms with E-state index in [1.807, 2.05) is 4.90 Å². The lowest BCUT2D eigenvalue weighted by Gasteiger charge is -2.40. The molecule has 1 aliphatic carbocycles. The molecule has 132 valence electrons. The first-order chi connectivity index (χ1) is 10.7. The summed E-state index contributed by atoms with van der Waals surface area (Å²) in [7, 11) is 1.42. The molecular weight excluding hydrogens is 294 g/mol. The maximum absolute atomic E-state index is 12.2. The summed E-state index contributed by atoms with van der Waals surface area (Å²) in [6.45, 7) is 8.12. The lowest BCUT2D eigenvalue weighted by Crippen LogP contribution is -2.52. The highest BCUT2D eigenvalue weighted by molar-refractivity contribution is 5.85. The molecule has 4 atom stereocenters. The van der Waals surface area contributed by atoms with E-state index in [2.05, 4.69) is 26.1 Å². The highest BCUT2D eigenvalue weighted by Gasteiger charge is 2.43. The summed E-state index contributed by atoms with van der Waals surface area (Å²) in [5.74, 6) is -0.504. The Labute approximate surface area is 139 Å². The molecule has 1 heterocycles. The van der Waals surface area contributed by atoms with Gasteiger partial charge in [-0.1, -0.05) is 20.8 Å². The molecule has 0 aromatic heterocycles. The average Bonchev–Trinajstić information content (AvgIpc) is 2.83. The molecule has 1 saturated heterocycles. The van der Waals surface area contributed by atoms with E-state index in [-0.39, 0.29) is 29.3 Å². The molecule has 2 rings (SSSR count). The normalized spacial score (nSPS) is 32.2. The molecule has 2 fully saturated rings. The average molecular weight is 325 g/mol. The van der Waals surface area contributed by atoms with Crippen LogP contribution in [0.15, 0.2) is 0 Å². The number of nitrogens with one attached hydrogen (secondary N) is 1. The van der Waals surface area contributed by atoms with Crippen molar-refractivity contribution < 1.29 is 14.3 Å². The van der Waals surface area contributed by atoms with Gasteiger partial charge in [0, 0.05) is 25.2 Å². The number of rotatable bonds is 4. The van der Waals surface area contributed by atoms with Crippen LogP contribution in [0.4, 0.5) is 0 Å². The molecule has 6 nitrogen and oxygen atoms in total. The van der Waals surface area contributed by atoms with Gasteiger partial charge in [-0.15, -0.1) is 0 Å². The molecule has 0 radical (unpaired) electrons. The smallest absolute Gasteiger partial charge is 0.310 e. The molecule has 0 unspecified atom stereocenters. The molecular formula is C17H31N3O3. The molecule has 0 bridgehead atoms. The Kier molecular flexibility index (Phi) is 5.68. The SMILES string of the molecule is COC(=O)[C@@H]1C[C@H](NCC(C)(C)C)CC[C@@H]1N1CC[C@H](N)C1=O. The zero-order valence-electron chi connectivity index (χ0n) is 14.8. The van der Waals surface area contributed by atoms with Crippen LogP contribution in [0.2, 0.25) is 0 Å². The Bertz CT molecular complexity index is 447. The van der Waals surface area contributed by atoms with Crippen molar-refractivity contribution in [2.45, 2.75) is 64.6 Å². The summed E-state index contributed by atoms with van der Waals surface area (Å²) in [4.78, 5) is 26.3. The van der Waals surface area contributed by atoms with Gasteiger partial charge < -0.3 is 20.7 Å². The van der Waals surface area contributed by atoms with Crippen LogP contribution in [0.5, 0.6) is 0 Å².